The molecule has 1 heterocycles. The third-order valence-electron chi connectivity index (χ3n) is 4.50. The number of carboxylic acids is 1. The lowest BCUT2D eigenvalue weighted by atomic mass is 10.1. The van der Waals surface area contributed by atoms with E-state index in [0.717, 1.165) is 10.0 Å². The van der Waals surface area contributed by atoms with Crippen LogP contribution in [0.1, 0.15) is 12.0 Å². The Balaban J connectivity index is 1.82. The van der Waals surface area contributed by atoms with Gasteiger partial charge in [0.1, 0.15) is 5.25 Å². The molecule has 1 N–H and O–H groups in total. The van der Waals surface area contributed by atoms with E-state index in [1.165, 1.54) is 11.8 Å². The standard InChI is InChI=1S/C21H21BrN2O5S/c1-28-16-8-3-13(11-17(16)29-2)9-10-24-20(27)18(12-19(25)26)30-21(24)23-15-6-4-14(22)5-7-15/h3-8,11,18H,9-10,12H2,1-2H3,(H,25,26). The van der Waals surface area contributed by atoms with Crippen molar-refractivity contribution < 1.29 is 24.2 Å². The molecule has 0 saturated carbocycles. The van der Waals surface area contributed by atoms with Crippen LogP contribution in [0.25, 0.3) is 0 Å². The summed E-state index contributed by atoms with van der Waals surface area (Å²) in [5.74, 6) is 0.00187. The number of carboxylic acid groups (broad SMARTS) is 1. The second-order valence-electron chi connectivity index (χ2n) is 6.50. The molecule has 0 spiro atoms. The zero-order valence-electron chi connectivity index (χ0n) is 16.5. The smallest absolute Gasteiger partial charge is 0.305 e. The van der Waals surface area contributed by atoms with Gasteiger partial charge in [0.25, 0.3) is 0 Å². The fourth-order valence-electron chi connectivity index (χ4n) is 2.99. The summed E-state index contributed by atoms with van der Waals surface area (Å²) in [5.41, 5.74) is 1.66. The Hall–Kier alpha value is -2.52. The highest BCUT2D eigenvalue weighted by Crippen LogP contribution is 2.33. The zero-order valence-corrected chi connectivity index (χ0v) is 18.9. The second-order valence-corrected chi connectivity index (χ2v) is 8.59. The highest BCUT2D eigenvalue weighted by Gasteiger charge is 2.39. The van der Waals surface area contributed by atoms with E-state index in [0.29, 0.717) is 35.3 Å². The summed E-state index contributed by atoms with van der Waals surface area (Å²) in [6.07, 6.45) is 0.321. The van der Waals surface area contributed by atoms with E-state index in [2.05, 4.69) is 20.9 Å². The number of halogens is 1. The van der Waals surface area contributed by atoms with Crippen LogP contribution in [0.2, 0.25) is 0 Å². The van der Waals surface area contributed by atoms with Gasteiger partial charge in [-0.3, -0.25) is 14.5 Å². The van der Waals surface area contributed by atoms with Gasteiger partial charge in [0.15, 0.2) is 16.7 Å². The quantitative estimate of drug-likeness (QED) is 0.596. The molecule has 1 aliphatic rings. The van der Waals surface area contributed by atoms with Gasteiger partial charge in [0.2, 0.25) is 5.91 Å². The molecule has 1 fully saturated rings. The van der Waals surface area contributed by atoms with Crippen LogP contribution in [0.4, 0.5) is 5.69 Å². The monoisotopic (exact) mass is 492 g/mol. The predicted molar refractivity (Wildman–Crippen MR) is 120 cm³/mol. The predicted octanol–water partition coefficient (Wildman–Crippen LogP) is 4.12. The summed E-state index contributed by atoms with van der Waals surface area (Å²) in [6.45, 7) is 0.382. The van der Waals surface area contributed by atoms with Crippen LogP contribution in [-0.4, -0.2) is 53.1 Å². The van der Waals surface area contributed by atoms with Gasteiger partial charge in [-0.15, -0.1) is 0 Å². The van der Waals surface area contributed by atoms with Gasteiger partial charge in [-0.2, -0.15) is 0 Å². The zero-order chi connectivity index (χ0) is 21.7. The van der Waals surface area contributed by atoms with Crippen molar-refractivity contribution in [1.82, 2.24) is 4.90 Å². The number of nitrogens with zero attached hydrogens (tertiary/aromatic N) is 2. The molecule has 1 saturated heterocycles. The molecular weight excluding hydrogens is 472 g/mol. The van der Waals surface area contributed by atoms with E-state index in [-0.39, 0.29) is 12.3 Å². The number of methoxy groups -OCH3 is 2. The average Bonchev–Trinajstić information content (AvgIpc) is 3.01. The molecule has 0 radical (unpaired) electrons. The maximum Gasteiger partial charge on any atom is 0.305 e. The molecule has 2 aromatic carbocycles. The van der Waals surface area contributed by atoms with Crippen LogP contribution in [0.3, 0.4) is 0 Å². The van der Waals surface area contributed by atoms with Gasteiger partial charge >= 0.3 is 5.97 Å². The highest BCUT2D eigenvalue weighted by molar-refractivity contribution is 9.10. The highest BCUT2D eigenvalue weighted by atomic mass is 79.9. The lowest BCUT2D eigenvalue weighted by Crippen LogP contribution is -2.34. The number of carbonyl (C=O) groups excluding carboxylic acids is 1. The maximum absolute atomic E-state index is 12.8. The number of amidine groups is 1. The van der Waals surface area contributed by atoms with E-state index in [9.17, 15) is 9.59 Å². The molecule has 0 aliphatic carbocycles. The van der Waals surface area contributed by atoms with Crippen molar-refractivity contribution in [2.24, 2.45) is 4.99 Å². The van der Waals surface area contributed by atoms with Crippen LogP contribution in [0.5, 0.6) is 11.5 Å². The first-order valence-electron chi connectivity index (χ1n) is 9.16. The fourth-order valence-corrected chi connectivity index (χ4v) is 4.43. The number of thioether (sulfide) groups is 1. The van der Waals surface area contributed by atoms with Crippen LogP contribution < -0.4 is 9.47 Å². The molecule has 2 aromatic rings. The van der Waals surface area contributed by atoms with Gasteiger partial charge in [0.05, 0.1) is 26.3 Å². The average molecular weight is 493 g/mol. The normalized spacial score (nSPS) is 17.4. The number of hydrogen-bond donors (Lipinski definition) is 1. The first-order valence-corrected chi connectivity index (χ1v) is 10.8. The Morgan fingerprint density at radius 2 is 1.87 bits per heavy atom. The Morgan fingerprint density at radius 1 is 1.17 bits per heavy atom. The van der Waals surface area contributed by atoms with Gasteiger partial charge in [-0.05, 0) is 48.4 Å². The van der Waals surface area contributed by atoms with E-state index >= 15 is 0 Å². The summed E-state index contributed by atoms with van der Waals surface area (Å²) in [4.78, 5) is 30.2. The van der Waals surface area contributed by atoms with Crippen LogP contribution in [0, 0.1) is 0 Å². The molecule has 1 unspecified atom stereocenters. The third kappa shape index (κ3) is 5.34. The fraction of sp³-hybridized carbons (Fsp3) is 0.286. The van der Waals surface area contributed by atoms with Crippen LogP contribution in [-0.2, 0) is 16.0 Å². The van der Waals surface area contributed by atoms with Crippen LogP contribution >= 0.6 is 27.7 Å². The Kier molecular flexibility index (Phi) is 7.38. The topological polar surface area (TPSA) is 88.4 Å². The Morgan fingerprint density at radius 3 is 2.50 bits per heavy atom. The van der Waals surface area contributed by atoms with E-state index in [4.69, 9.17) is 14.6 Å². The number of ether oxygens (including phenoxy) is 2. The maximum atomic E-state index is 12.8. The summed E-state index contributed by atoms with van der Waals surface area (Å²) in [7, 11) is 3.15. The van der Waals surface area contributed by atoms with Gasteiger partial charge in [-0.25, -0.2) is 4.99 Å². The lowest BCUT2D eigenvalue weighted by Gasteiger charge is -2.17. The molecule has 0 bridgehead atoms. The molecule has 1 atom stereocenters. The summed E-state index contributed by atoms with van der Waals surface area (Å²) >= 11 is 4.58. The summed E-state index contributed by atoms with van der Waals surface area (Å²) < 4.78 is 11.5. The largest absolute Gasteiger partial charge is 0.493 e. The van der Waals surface area contributed by atoms with E-state index < -0.39 is 11.2 Å². The molecule has 0 aromatic heterocycles. The summed E-state index contributed by atoms with van der Waals surface area (Å²) in [6, 6.07) is 13.0. The summed E-state index contributed by atoms with van der Waals surface area (Å²) in [5, 5.41) is 8.97. The van der Waals surface area contributed by atoms with Crippen molar-refractivity contribution >= 4 is 50.4 Å². The van der Waals surface area contributed by atoms with E-state index in [1.807, 2.05) is 42.5 Å². The number of hydrogen-bond acceptors (Lipinski definition) is 6. The van der Waals surface area contributed by atoms with Crippen molar-refractivity contribution in [3.8, 4) is 11.5 Å². The number of aliphatic carboxylic acids is 1. The lowest BCUT2D eigenvalue weighted by molar-refractivity contribution is -0.139. The molecule has 3 rings (SSSR count). The van der Waals surface area contributed by atoms with Crippen LogP contribution in [0.15, 0.2) is 51.9 Å². The third-order valence-corrected chi connectivity index (χ3v) is 6.21. The minimum absolute atomic E-state index is 0.237. The number of rotatable bonds is 8. The SMILES string of the molecule is COc1ccc(CCN2C(=O)C(CC(=O)O)SC2=Nc2ccc(Br)cc2)cc1OC. The molecule has 30 heavy (non-hydrogen) atoms. The molecular formula is C21H21BrN2O5S. The van der Waals surface area contributed by atoms with E-state index in [1.54, 1.807) is 19.1 Å². The molecule has 1 amide bonds. The van der Waals surface area contributed by atoms with Crippen molar-refractivity contribution in [2.75, 3.05) is 20.8 Å². The first kappa shape index (κ1) is 22.2. The molecule has 158 valence electrons. The van der Waals surface area contributed by atoms with Gasteiger partial charge < -0.3 is 14.6 Å². The number of aliphatic imine (C=N–C) groups is 1. The molecule has 1 aliphatic heterocycles. The minimum atomic E-state index is -1.01. The second kappa shape index (κ2) is 9.99. The Labute approximate surface area is 187 Å². The number of benzene rings is 2. The van der Waals surface area contributed by atoms with Crippen molar-refractivity contribution in [1.29, 1.82) is 0 Å². The minimum Gasteiger partial charge on any atom is -0.493 e. The van der Waals surface area contributed by atoms with Gasteiger partial charge in [0, 0.05) is 11.0 Å². The number of carbonyl (C=O) groups is 2. The van der Waals surface area contributed by atoms with Crippen molar-refractivity contribution in [2.45, 2.75) is 18.1 Å². The van der Waals surface area contributed by atoms with Crippen molar-refractivity contribution in [3.05, 3.63) is 52.5 Å². The Bertz CT molecular complexity index is 964. The molecule has 9 heteroatoms. The molecule has 7 nitrogen and oxygen atoms in total. The number of amides is 1. The van der Waals surface area contributed by atoms with Crippen molar-refractivity contribution in [3.63, 3.8) is 0 Å². The van der Waals surface area contributed by atoms with Gasteiger partial charge in [-0.1, -0.05) is 33.8 Å². The first-order chi connectivity index (χ1) is 14.4.